The standard InChI is InChI=1S/C19H19N3O3S/c1-12-4-8-16(9-5-12)25-13(2)17(23)20-19-22-21-18(26-19)14-6-10-15(24-3)11-7-14/h4-11,13H,1-3H3,(H,20,22,23)/t13-/m1/s1. The van der Waals surface area contributed by atoms with Gasteiger partial charge in [0.1, 0.15) is 16.5 Å². The van der Waals surface area contributed by atoms with E-state index in [9.17, 15) is 4.79 Å². The van der Waals surface area contributed by atoms with Gasteiger partial charge in [-0.25, -0.2) is 0 Å². The summed E-state index contributed by atoms with van der Waals surface area (Å²) in [6, 6.07) is 15.1. The lowest BCUT2D eigenvalue weighted by Crippen LogP contribution is -2.30. The maximum atomic E-state index is 12.3. The van der Waals surface area contributed by atoms with Gasteiger partial charge in [0.15, 0.2) is 6.10 Å². The third-order valence-electron chi connectivity index (χ3n) is 3.70. The lowest BCUT2D eigenvalue weighted by atomic mass is 10.2. The summed E-state index contributed by atoms with van der Waals surface area (Å²) >= 11 is 1.30. The number of aryl methyl sites for hydroxylation is 1. The summed E-state index contributed by atoms with van der Waals surface area (Å²) in [4.78, 5) is 12.3. The van der Waals surface area contributed by atoms with Crippen LogP contribution < -0.4 is 14.8 Å². The van der Waals surface area contributed by atoms with Crippen LogP contribution >= 0.6 is 11.3 Å². The van der Waals surface area contributed by atoms with Crippen LogP contribution in [0.4, 0.5) is 5.13 Å². The first-order valence-electron chi connectivity index (χ1n) is 8.07. The molecule has 1 heterocycles. The molecule has 1 aromatic heterocycles. The van der Waals surface area contributed by atoms with E-state index in [4.69, 9.17) is 9.47 Å². The molecule has 6 nitrogen and oxygen atoms in total. The highest BCUT2D eigenvalue weighted by Crippen LogP contribution is 2.28. The fraction of sp³-hybridized carbons (Fsp3) is 0.211. The van der Waals surface area contributed by atoms with Gasteiger partial charge >= 0.3 is 0 Å². The van der Waals surface area contributed by atoms with Crippen LogP contribution in [0.2, 0.25) is 0 Å². The zero-order valence-electron chi connectivity index (χ0n) is 14.7. The first-order chi connectivity index (χ1) is 12.5. The predicted molar refractivity (Wildman–Crippen MR) is 102 cm³/mol. The van der Waals surface area contributed by atoms with Gasteiger partial charge < -0.3 is 9.47 Å². The SMILES string of the molecule is COc1ccc(-c2nnc(NC(=O)[C@@H](C)Oc3ccc(C)cc3)s2)cc1. The number of hydrogen-bond acceptors (Lipinski definition) is 6. The largest absolute Gasteiger partial charge is 0.497 e. The number of nitrogens with one attached hydrogen (secondary N) is 1. The molecule has 2 aromatic carbocycles. The van der Waals surface area contributed by atoms with Gasteiger partial charge in [0.25, 0.3) is 5.91 Å². The number of ether oxygens (including phenoxy) is 2. The molecule has 0 aliphatic carbocycles. The molecule has 3 rings (SSSR count). The topological polar surface area (TPSA) is 73.3 Å². The quantitative estimate of drug-likeness (QED) is 0.713. The molecule has 0 aliphatic rings. The highest BCUT2D eigenvalue weighted by Gasteiger charge is 2.17. The summed E-state index contributed by atoms with van der Waals surface area (Å²) in [6.45, 7) is 3.69. The molecule has 3 aromatic rings. The normalized spacial score (nSPS) is 11.7. The maximum absolute atomic E-state index is 12.3. The van der Waals surface area contributed by atoms with Gasteiger partial charge in [-0.2, -0.15) is 0 Å². The van der Waals surface area contributed by atoms with Gasteiger partial charge in [-0.3, -0.25) is 10.1 Å². The third kappa shape index (κ3) is 4.37. The Morgan fingerprint density at radius 3 is 2.35 bits per heavy atom. The average molecular weight is 369 g/mol. The Morgan fingerprint density at radius 2 is 1.69 bits per heavy atom. The predicted octanol–water partition coefficient (Wildman–Crippen LogP) is 3.93. The Labute approximate surface area is 155 Å². The van der Waals surface area contributed by atoms with Gasteiger partial charge in [0.2, 0.25) is 5.13 Å². The number of carbonyl (C=O) groups excluding carboxylic acids is 1. The fourth-order valence-corrected chi connectivity index (χ4v) is 2.96. The number of hydrogen-bond donors (Lipinski definition) is 1. The second kappa shape index (κ2) is 7.97. The fourth-order valence-electron chi connectivity index (χ4n) is 2.21. The van der Waals surface area contributed by atoms with E-state index in [1.165, 1.54) is 11.3 Å². The molecular formula is C19H19N3O3S. The van der Waals surface area contributed by atoms with Crippen molar-refractivity contribution in [1.29, 1.82) is 0 Å². The van der Waals surface area contributed by atoms with Crippen molar-refractivity contribution in [3.8, 4) is 22.1 Å². The van der Waals surface area contributed by atoms with E-state index in [0.717, 1.165) is 21.9 Å². The molecule has 0 spiro atoms. The van der Waals surface area contributed by atoms with Gasteiger partial charge in [-0.1, -0.05) is 29.0 Å². The van der Waals surface area contributed by atoms with E-state index in [0.29, 0.717) is 10.9 Å². The average Bonchev–Trinajstić information content (AvgIpc) is 3.12. The van der Waals surface area contributed by atoms with E-state index < -0.39 is 6.10 Å². The Morgan fingerprint density at radius 1 is 1.04 bits per heavy atom. The molecular weight excluding hydrogens is 350 g/mol. The van der Waals surface area contributed by atoms with Crippen molar-refractivity contribution in [2.24, 2.45) is 0 Å². The molecule has 0 saturated carbocycles. The lowest BCUT2D eigenvalue weighted by Gasteiger charge is -2.13. The molecule has 0 unspecified atom stereocenters. The van der Waals surface area contributed by atoms with Crippen LogP contribution in [0, 0.1) is 6.92 Å². The second-order valence-electron chi connectivity index (χ2n) is 5.70. The number of carbonyl (C=O) groups is 1. The Bertz CT molecular complexity index is 876. The van der Waals surface area contributed by atoms with Crippen LogP contribution in [0.15, 0.2) is 48.5 Å². The van der Waals surface area contributed by atoms with Crippen molar-refractivity contribution in [3.63, 3.8) is 0 Å². The van der Waals surface area contributed by atoms with Crippen molar-refractivity contribution in [2.45, 2.75) is 20.0 Å². The van der Waals surface area contributed by atoms with Crippen LogP contribution in [0.25, 0.3) is 10.6 Å². The number of rotatable bonds is 6. The van der Waals surface area contributed by atoms with E-state index in [2.05, 4.69) is 15.5 Å². The number of methoxy groups -OCH3 is 1. The summed E-state index contributed by atoms with van der Waals surface area (Å²) < 4.78 is 10.8. The van der Waals surface area contributed by atoms with Gasteiger partial charge in [-0.05, 0) is 50.2 Å². The number of amides is 1. The Hall–Kier alpha value is -2.93. The summed E-state index contributed by atoms with van der Waals surface area (Å²) in [5, 5.41) is 12.0. The summed E-state index contributed by atoms with van der Waals surface area (Å²) in [7, 11) is 1.62. The molecule has 1 atom stereocenters. The van der Waals surface area contributed by atoms with Crippen molar-refractivity contribution in [2.75, 3.05) is 12.4 Å². The molecule has 1 N–H and O–H groups in total. The first-order valence-corrected chi connectivity index (χ1v) is 8.89. The molecule has 0 bridgehead atoms. The van der Waals surface area contributed by atoms with Crippen LogP contribution in [0.3, 0.4) is 0 Å². The third-order valence-corrected chi connectivity index (χ3v) is 4.58. The van der Waals surface area contributed by atoms with Crippen molar-refractivity contribution < 1.29 is 14.3 Å². The number of aromatic nitrogens is 2. The Kier molecular flexibility index (Phi) is 5.48. The molecule has 134 valence electrons. The number of nitrogens with zero attached hydrogens (tertiary/aromatic N) is 2. The minimum absolute atomic E-state index is 0.275. The zero-order valence-corrected chi connectivity index (χ0v) is 15.5. The number of benzene rings is 2. The minimum atomic E-state index is -0.647. The van der Waals surface area contributed by atoms with E-state index in [1.54, 1.807) is 14.0 Å². The first kappa shape index (κ1) is 17.9. The molecule has 0 fully saturated rings. The van der Waals surface area contributed by atoms with Crippen molar-refractivity contribution in [3.05, 3.63) is 54.1 Å². The van der Waals surface area contributed by atoms with Gasteiger partial charge in [0.05, 0.1) is 7.11 Å². The molecule has 0 aliphatic heterocycles. The van der Waals surface area contributed by atoms with Crippen LogP contribution in [0.5, 0.6) is 11.5 Å². The molecule has 0 saturated heterocycles. The highest BCUT2D eigenvalue weighted by atomic mass is 32.1. The van der Waals surface area contributed by atoms with E-state index in [1.807, 2.05) is 55.5 Å². The number of anilines is 1. The molecule has 1 amide bonds. The molecule has 7 heteroatoms. The summed E-state index contributed by atoms with van der Waals surface area (Å²) in [5.41, 5.74) is 2.04. The van der Waals surface area contributed by atoms with Crippen LogP contribution in [-0.2, 0) is 4.79 Å². The Balaban J connectivity index is 1.62. The van der Waals surface area contributed by atoms with E-state index >= 15 is 0 Å². The molecule has 26 heavy (non-hydrogen) atoms. The maximum Gasteiger partial charge on any atom is 0.266 e. The van der Waals surface area contributed by atoms with E-state index in [-0.39, 0.29) is 5.91 Å². The van der Waals surface area contributed by atoms with Gasteiger partial charge in [0, 0.05) is 5.56 Å². The zero-order chi connectivity index (χ0) is 18.5. The lowest BCUT2D eigenvalue weighted by molar-refractivity contribution is -0.122. The second-order valence-corrected chi connectivity index (χ2v) is 6.68. The van der Waals surface area contributed by atoms with Crippen LogP contribution in [-0.4, -0.2) is 29.3 Å². The smallest absolute Gasteiger partial charge is 0.266 e. The van der Waals surface area contributed by atoms with Gasteiger partial charge in [-0.15, -0.1) is 10.2 Å². The summed E-state index contributed by atoms with van der Waals surface area (Å²) in [6.07, 6.45) is -0.647. The summed E-state index contributed by atoms with van der Waals surface area (Å²) in [5.74, 6) is 1.14. The molecule has 0 radical (unpaired) electrons. The minimum Gasteiger partial charge on any atom is -0.497 e. The highest BCUT2D eigenvalue weighted by molar-refractivity contribution is 7.18. The monoisotopic (exact) mass is 369 g/mol. The van der Waals surface area contributed by atoms with Crippen molar-refractivity contribution >= 4 is 22.4 Å². The van der Waals surface area contributed by atoms with Crippen LogP contribution in [0.1, 0.15) is 12.5 Å². The van der Waals surface area contributed by atoms with Crippen molar-refractivity contribution in [1.82, 2.24) is 10.2 Å².